The Balaban J connectivity index is 2.10. The summed E-state index contributed by atoms with van der Waals surface area (Å²) in [6, 6.07) is 9.51. The molecule has 0 amide bonds. The van der Waals surface area contributed by atoms with Crippen LogP contribution < -0.4 is 4.90 Å². The van der Waals surface area contributed by atoms with Crippen LogP contribution in [0.25, 0.3) is 0 Å². The van der Waals surface area contributed by atoms with E-state index in [-0.39, 0.29) is 11.5 Å². The molecule has 0 saturated carbocycles. The van der Waals surface area contributed by atoms with Crippen molar-refractivity contribution in [3.8, 4) is 0 Å². The van der Waals surface area contributed by atoms with Gasteiger partial charge in [-0.25, -0.2) is 0 Å². The number of aliphatic hydroxyl groups excluding tert-OH is 1. The number of aliphatic hydroxyl groups is 1. The van der Waals surface area contributed by atoms with Crippen LogP contribution in [0.5, 0.6) is 0 Å². The van der Waals surface area contributed by atoms with Crippen LogP contribution in [0.15, 0.2) is 24.3 Å². The number of benzene rings is 1. The van der Waals surface area contributed by atoms with Crippen LogP contribution in [0.2, 0.25) is 0 Å². The Kier molecular flexibility index (Phi) is 5.32. The minimum Gasteiger partial charge on any atom is -0.392 e. The van der Waals surface area contributed by atoms with Crippen molar-refractivity contribution in [2.45, 2.75) is 77.4 Å². The van der Waals surface area contributed by atoms with Crippen LogP contribution in [0.4, 0.5) is 5.69 Å². The van der Waals surface area contributed by atoms with E-state index in [0.717, 1.165) is 19.3 Å². The van der Waals surface area contributed by atoms with Gasteiger partial charge in [0.2, 0.25) is 0 Å². The highest BCUT2D eigenvalue weighted by Gasteiger charge is 2.29. The molecular formula is C19H31NO. The first-order valence-corrected chi connectivity index (χ1v) is 8.52. The summed E-state index contributed by atoms with van der Waals surface area (Å²) in [7, 11) is 0. The van der Waals surface area contributed by atoms with Crippen molar-refractivity contribution < 1.29 is 5.11 Å². The average Bonchev–Trinajstić information content (AvgIpc) is 2.91. The number of hydrogen-bond acceptors (Lipinski definition) is 2. The second kappa shape index (κ2) is 6.83. The summed E-state index contributed by atoms with van der Waals surface area (Å²) in [4.78, 5) is 2.49. The first kappa shape index (κ1) is 16.4. The van der Waals surface area contributed by atoms with Crippen LogP contribution >= 0.6 is 0 Å². The van der Waals surface area contributed by atoms with Gasteiger partial charge in [-0.15, -0.1) is 0 Å². The van der Waals surface area contributed by atoms with Gasteiger partial charge < -0.3 is 10.0 Å². The standard InChI is InChI=1S/C19H31NO/c1-5-6-9-18(21)19(3,4)16-10-12-17(13-11-16)20-14-7-8-15(20)2/h10-13,15,18,21H,5-9,14H2,1-4H3. The van der Waals surface area contributed by atoms with Crippen LogP contribution in [0.3, 0.4) is 0 Å². The summed E-state index contributed by atoms with van der Waals surface area (Å²) in [5, 5.41) is 10.5. The third-order valence-electron chi connectivity index (χ3n) is 5.16. The third kappa shape index (κ3) is 3.60. The maximum atomic E-state index is 10.5. The second-order valence-corrected chi connectivity index (χ2v) is 7.11. The molecule has 118 valence electrons. The summed E-state index contributed by atoms with van der Waals surface area (Å²) in [6.45, 7) is 9.95. The Morgan fingerprint density at radius 1 is 1.29 bits per heavy atom. The van der Waals surface area contributed by atoms with Crippen molar-refractivity contribution in [1.29, 1.82) is 0 Å². The smallest absolute Gasteiger partial charge is 0.0631 e. The minimum atomic E-state index is -0.269. The molecule has 1 aromatic carbocycles. The number of nitrogens with zero attached hydrogens (tertiary/aromatic N) is 1. The fourth-order valence-electron chi connectivity index (χ4n) is 3.35. The SMILES string of the molecule is CCCCC(O)C(C)(C)c1ccc(N2CCCC2C)cc1. The maximum absolute atomic E-state index is 10.5. The van der Waals surface area contributed by atoms with Crippen LogP contribution in [0.1, 0.15) is 65.4 Å². The van der Waals surface area contributed by atoms with E-state index in [2.05, 4.69) is 56.9 Å². The van der Waals surface area contributed by atoms with E-state index in [9.17, 15) is 5.11 Å². The zero-order chi connectivity index (χ0) is 15.5. The first-order valence-electron chi connectivity index (χ1n) is 8.52. The highest BCUT2D eigenvalue weighted by atomic mass is 16.3. The van der Waals surface area contributed by atoms with Gasteiger partial charge in [-0.2, -0.15) is 0 Å². The summed E-state index contributed by atoms with van der Waals surface area (Å²) in [5.74, 6) is 0. The highest BCUT2D eigenvalue weighted by molar-refractivity contribution is 5.50. The molecule has 0 aromatic heterocycles. The molecular weight excluding hydrogens is 258 g/mol. The lowest BCUT2D eigenvalue weighted by Gasteiger charge is -2.32. The molecule has 2 heteroatoms. The van der Waals surface area contributed by atoms with Gasteiger partial charge >= 0.3 is 0 Å². The lowest BCUT2D eigenvalue weighted by molar-refractivity contribution is 0.0890. The largest absolute Gasteiger partial charge is 0.392 e. The molecule has 1 aliphatic heterocycles. The van der Waals surface area contributed by atoms with Gasteiger partial charge in [0.05, 0.1) is 6.10 Å². The van der Waals surface area contributed by atoms with Crippen molar-refractivity contribution >= 4 is 5.69 Å². The highest BCUT2D eigenvalue weighted by Crippen LogP contribution is 2.32. The molecule has 1 N–H and O–H groups in total. The van der Waals surface area contributed by atoms with Gasteiger partial charge in [-0.1, -0.05) is 45.7 Å². The molecule has 2 unspecified atom stereocenters. The maximum Gasteiger partial charge on any atom is 0.0631 e. The summed E-state index contributed by atoms with van der Waals surface area (Å²) >= 11 is 0. The number of unbranched alkanes of at least 4 members (excludes halogenated alkanes) is 1. The summed E-state index contributed by atoms with van der Waals surface area (Å²) in [6.07, 6.45) is 5.43. The van der Waals surface area contributed by atoms with Crippen molar-refractivity contribution in [2.75, 3.05) is 11.4 Å². The predicted molar refractivity (Wildman–Crippen MR) is 91.0 cm³/mol. The van der Waals surface area contributed by atoms with E-state index >= 15 is 0 Å². The van der Waals surface area contributed by atoms with Gasteiger partial charge in [0, 0.05) is 23.7 Å². The predicted octanol–water partition coefficient (Wildman–Crippen LogP) is 4.50. The molecule has 0 spiro atoms. The Hall–Kier alpha value is -1.02. The Bertz CT molecular complexity index is 437. The normalized spacial score (nSPS) is 20.8. The molecule has 0 bridgehead atoms. The van der Waals surface area contributed by atoms with E-state index in [1.807, 2.05) is 0 Å². The Labute approximate surface area is 130 Å². The summed E-state index contributed by atoms with van der Waals surface area (Å²) in [5.41, 5.74) is 2.38. The van der Waals surface area contributed by atoms with Crippen molar-refractivity contribution in [3.05, 3.63) is 29.8 Å². The van der Waals surface area contributed by atoms with E-state index in [4.69, 9.17) is 0 Å². The van der Waals surface area contributed by atoms with Crippen LogP contribution in [0, 0.1) is 0 Å². The number of hydrogen-bond donors (Lipinski definition) is 1. The number of rotatable bonds is 6. The van der Waals surface area contributed by atoms with Gasteiger partial charge in [0.1, 0.15) is 0 Å². The second-order valence-electron chi connectivity index (χ2n) is 7.11. The van der Waals surface area contributed by atoms with Crippen molar-refractivity contribution in [1.82, 2.24) is 0 Å². The Morgan fingerprint density at radius 2 is 1.95 bits per heavy atom. The molecule has 1 aliphatic rings. The van der Waals surface area contributed by atoms with Gasteiger partial charge in [0.15, 0.2) is 0 Å². The van der Waals surface area contributed by atoms with E-state index in [1.54, 1.807) is 0 Å². The fraction of sp³-hybridized carbons (Fsp3) is 0.684. The van der Waals surface area contributed by atoms with Gasteiger partial charge in [-0.05, 0) is 43.9 Å². The van der Waals surface area contributed by atoms with Gasteiger partial charge in [-0.3, -0.25) is 0 Å². The summed E-state index contributed by atoms with van der Waals surface area (Å²) < 4.78 is 0. The lowest BCUT2D eigenvalue weighted by Crippen LogP contribution is -2.33. The molecule has 1 fully saturated rings. The molecule has 1 saturated heterocycles. The van der Waals surface area contributed by atoms with Crippen LogP contribution in [-0.4, -0.2) is 23.8 Å². The third-order valence-corrected chi connectivity index (χ3v) is 5.16. The molecule has 0 aliphatic carbocycles. The van der Waals surface area contributed by atoms with E-state index < -0.39 is 0 Å². The topological polar surface area (TPSA) is 23.5 Å². The molecule has 2 atom stereocenters. The molecule has 0 radical (unpaired) electrons. The Morgan fingerprint density at radius 3 is 2.48 bits per heavy atom. The molecule has 2 nitrogen and oxygen atoms in total. The van der Waals surface area contributed by atoms with Crippen LogP contribution in [-0.2, 0) is 5.41 Å². The minimum absolute atomic E-state index is 0.176. The number of anilines is 1. The molecule has 1 heterocycles. The van der Waals surface area contributed by atoms with Crippen molar-refractivity contribution in [2.24, 2.45) is 0 Å². The van der Waals surface area contributed by atoms with E-state index in [0.29, 0.717) is 6.04 Å². The van der Waals surface area contributed by atoms with E-state index in [1.165, 1.54) is 30.6 Å². The zero-order valence-corrected chi connectivity index (χ0v) is 14.1. The molecule has 21 heavy (non-hydrogen) atoms. The average molecular weight is 289 g/mol. The van der Waals surface area contributed by atoms with Crippen molar-refractivity contribution in [3.63, 3.8) is 0 Å². The zero-order valence-electron chi connectivity index (χ0n) is 14.1. The molecule has 2 rings (SSSR count). The molecule has 1 aromatic rings. The monoisotopic (exact) mass is 289 g/mol. The quantitative estimate of drug-likeness (QED) is 0.833. The fourth-order valence-corrected chi connectivity index (χ4v) is 3.35. The lowest BCUT2D eigenvalue weighted by atomic mass is 9.77. The first-order chi connectivity index (χ1) is 9.96. The van der Waals surface area contributed by atoms with Gasteiger partial charge in [0.25, 0.3) is 0 Å².